The quantitative estimate of drug-likeness (QED) is 0.784. The maximum Gasteiger partial charge on any atom is 0.226 e. The van der Waals surface area contributed by atoms with Crippen LogP contribution in [-0.2, 0) is 22.6 Å². The first-order chi connectivity index (χ1) is 14.6. The highest BCUT2D eigenvalue weighted by Gasteiger charge is 2.20. The van der Waals surface area contributed by atoms with Gasteiger partial charge in [-0.05, 0) is 48.2 Å². The van der Waals surface area contributed by atoms with Gasteiger partial charge in [0.2, 0.25) is 11.8 Å². The van der Waals surface area contributed by atoms with E-state index in [4.69, 9.17) is 21.1 Å². The Morgan fingerprint density at radius 2 is 1.93 bits per heavy atom. The molecule has 0 atom stereocenters. The molecular formula is C23H25ClN2O4. The lowest BCUT2D eigenvalue weighted by Crippen LogP contribution is -2.35. The van der Waals surface area contributed by atoms with Gasteiger partial charge in [0.15, 0.2) is 11.5 Å². The monoisotopic (exact) mass is 428 g/mol. The van der Waals surface area contributed by atoms with Crippen molar-refractivity contribution in [1.82, 2.24) is 5.32 Å². The van der Waals surface area contributed by atoms with Gasteiger partial charge in [-0.15, -0.1) is 0 Å². The summed E-state index contributed by atoms with van der Waals surface area (Å²) in [4.78, 5) is 26.5. The molecule has 0 saturated carbocycles. The van der Waals surface area contributed by atoms with Crippen molar-refractivity contribution in [3.05, 3.63) is 52.5 Å². The molecule has 2 aromatic rings. The summed E-state index contributed by atoms with van der Waals surface area (Å²) in [6, 6.07) is 11.3. The predicted octanol–water partition coefficient (Wildman–Crippen LogP) is 3.88. The van der Waals surface area contributed by atoms with Gasteiger partial charge >= 0.3 is 0 Å². The topological polar surface area (TPSA) is 67.9 Å². The van der Waals surface area contributed by atoms with E-state index in [2.05, 4.69) is 5.32 Å². The second-order valence-electron chi connectivity index (χ2n) is 7.58. The lowest BCUT2D eigenvalue weighted by atomic mass is 10.1. The van der Waals surface area contributed by atoms with Crippen molar-refractivity contribution in [2.24, 2.45) is 0 Å². The summed E-state index contributed by atoms with van der Waals surface area (Å²) in [5, 5.41) is 3.40. The number of halogens is 1. The molecule has 1 saturated heterocycles. The Bertz CT molecular complexity index is 947. The molecule has 158 valence electrons. The molecule has 2 aromatic carbocycles. The summed E-state index contributed by atoms with van der Waals surface area (Å²) in [5.74, 6) is 1.18. The largest absolute Gasteiger partial charge is 0.489 e. The van der Waals surface area contributed by atoms with Crippen molar-refractivity contribution in [1.29, 1.82) is 0 Å². The van der Waals surface area contributed by atoms with Gasteiger partial charge in [0.1, 0.15) is 0 Å². The first-order valence-electron chi connectivity index (χ1n) is 10.3. The van der Waals surface area contributed by atoms with Gasteiger partial charge in [0.05, 0.1) is 24.7 Å². The third kappa shape index (κ3) is 4.87. The minimum atomic E-state index is -0.111. The molecule has 0 aromatic heterocycles. The first kappa shape index (κ1) is 20.5. The Morgan fingerprint density at radius 3 is 2.80 bits per heavy atom. The molecule has 0 aliphatic carbocycles. The lowest BCUT2D eigenvalue weighted by molar-refractivity contribution is -0.121. The second kappa shape index (κ2) is 9.39. The van der Waals surface area contributed by atoms with Gasteiger partial charge in [-0.2, -0.15) is 0 Å². The Kier molecular flexibility index (Phi) is 6.43. The highest BCUT2D eigenvalue weighted by Crippen LogP contribution is 2.38. The molecule has 2 amide bonds. The standard InChI is InChI=1S/C23H25ClN2O4/c24-19-12-17(13-20-23(19)30-10-4-9-29-20)14-21(27)25-15-16-5-3-6-18(11-16)26-8-2-1-7-22(26)28/h3,5-6,11-13H,1-2,4,7-10,14-15H2,(H,25,27). The molecule has 4 rings (SSSR count). The van der Waals surface area contributed by atoms with Crippen LogP contribution >= 0.6 is 11.6 Å². The SMILES string of the molecule is O=C(Cc1cc(Cl)c2c(c1)OCCCO2)NCc1cccc(N2CCCCC2=O)c1. The zero-order valence-corrected chi connectivity index (χ0v) is 17.5. The van der Waals surface area contributed by atoms with E-state index in [0.717, 1.165) is 42.6 Å². The smallest absolute Gasteiger partial charge is 0.226 e. The molecule has 2 aliphatic heterocycles. The number of nitrogens with zero attached hydrogens (tertiary/aromatic N) is 1. The van der Waals surface area contributed by atoms with Crippen molar-refractivity contribution in [3.63, 3.8) is 0 Å². The van der Waals surface area contributed by atoms with E-state index in [1.165, 1.54) is 0 Å². The molecule has 6 nitrogen and oxygen atoms in total. The number of piperidine rings is 1. The van der Waals surface area contributed by atoms with Gasteiger partial charge in [0.25, 0.3) is 0 Å². The number of hydrogen-bond acceptors (Lipinski definition) is 4. The van der Waals surface area contributed by atoms with Crippen LogP contribution in [0, 0.1) is 0 Å². The van der Waals surface area contributed by atoms with Crippen LogP contribution in [0.4, 0.5) is 5.69 Å². The Morgan fingerprint density at radius 1 is 1.07 bits per heavy atom. The van der Waals surface area contributed by atoms with E-state index in [9.17, 15) is 9.59 Å². The minimum absolute atomic E-state index is 0.111. The van der Waals surface area contributed by atoms with E-state index in [0.29, 0.717) is 42.7 Å². The normalized spacial score (nSPS) is 16.2. The molecule has 0 spiro atoms. The third-order valence-corrected chi connectivity index (χ3v) is 5.54. The molecule has 30 heavy (non-hydrogen) atoms. The van der Waals surface area contributed by atoms with Crippen LogP contribution in [0.3, 0.4) is 0 Å². The van der Waals surface area contributed by atoms with E-state index in [-0.39, 0.29) is 18.2 Å². The number of ether oxygens (including phenoxy) is 2. The summed E-state index contributed by atoms with van der Waals surface area (Å²) < 4.78 is 11.3. The van der Waals surface area contributed by atoms with Crippen molar-refractivity contribution in [2.75, 3.05) is 24.7 Å². The van der Waals surface area contributed by atoms with Crippen LogP contribution in [0.2, 0.25) is 5.02 Å². The molecule has 1 N–H and O–H groups in total. The average Bonchev–Trinajstić information content (AvgIpc) is 2.99. The van der Waals surface area contributed by atoms with Crippen molar-refractivity contribution >= 4 is 29.1 Å². The number of carbonyl (C=O) groups excluding carboxylic acids is 2. The van der Waals surface area contributed by atoms with Gasteiger partial charge < -0.3 is 19.7 Å². The second-order valence-corrected chi connectivity index (χ2v) is 7.99. The minimum Gasteiger partial charge on any atom is -0.489 e. The Balaban J connectivity index is 1.37. The van der Waals surface area contributed by atoms with Crippen molar-refractivity contribution in [3.8, 4) is 11.5 Å². The molecule has 7 heteroatoms. The van der Waals surface area contributed by atoms with Crippen LogP contribution in [-0.4, -0.2) is 31.6 Å². The Hall–Kier alpha value is -2.73. The zero-order valence-electron chi connectivity index (χ0n) is 16.8. The van der Waals surface area contributed by atoms with Gasteiger partial charge in [-0.25, -0.2) is 0 Å². The fourth-order valence-corrected chi connectivity index (χ4v) is 4.04. The van der Waals surface area contributed by atoms with Crippen LogP contribution in [0.25, 0.3) is 0 Å². The highest BCUT2D eigenvalue weighted by atomic mass is 35.5. The third-order valence-electron chi connectivity index (χ3n) is 5.26. The summed E-state index contributed by atoms with van der Waals surface area (Å²) >= 11 is 6.31. The summed E-state index contributed by atoms with van der Waals surface area (Å²) in [5.41, 5.74) is 2.62. The molecule has 0 radical (unpaired) electrons. The number of fused-ring (bicyclic) bond motifs is 1. The van der Waals surface area contributed by atoms with Gasteiger partial charge in [-0.1, -0.05) is 23.7 Å². The van der Waals surface area contributed by atoms with E-state index in [1.807, 2.05) is 35.2 Å². The van der Waals surface area contributed by atoms with Crippen LogP contribution in [0.15, 0.2) is 36.4 Å². The lowest BCUT2D eigenvalue weighted by Gasteiger charge is -2.27. The molecule has 0 bridgehead atoms. The Labute approximate surface area is 181 Å². The maximum absolute atomic E-state index is 12.5. The number of benzene rings is 2. The summed E-state index contributed by atoms with van der Waals surface area (Å²) in [6.07, 6.45) is 3.56. The van der Waals surface area contributed by atoms with Crippen molar-refractivity contribution < 1.29 is 19.1 Å². The van der Waals surface area contributed by atoms with E-state index in [1.54, 1.807) is 6.07 Å². The number of amides is 2. The van der Waals surface area contributed by atoms with Gasteiger partial charge in [-0.3, -0.25) is 9.59 Å². The molecule has 1 fully saturated rings. The maximum atomic E-state index is 12.5. The van der Waals surface area contributed by atoms with E-state index >= 15 is 0 Å². The van der Waals surface area contributed by atoms with Crippen LogP contribution in [0.1, 0.15) is 36.8 Å². The van der Waals surface area contributed by atoms with Gasteiger partial charge in [0, 0.05) is 31.6 Å². The van der Waals surface area contributed by atoms with Crippen molar-refractivity contribution in [2.45, 2.75) is 38.6 Å². The average molecular weight is 429 g/mol. The molecule has 2 heterocycles. The van der Waals surface area contributed by atoms with Crippen LogP contribution < -0.4 is 19.7 Å². The summed E-state index contributed by atoms with van der Waals surface area (Å²) in [6.45, 7) is 2.27. The number of nitrogens with one attached hydrogen (secondary N) is 1. The first-order valence-corrected chi connectivity index (χ1v) is 10.7. The number of carbonyl (C=O) groups is 2. The highest BCUT2D eigenvalue weighted by molar-refractivity contribution is 6.32. The fraction of sp³-hybridized carbons (Fsp3) is 0.391. The molecular weight excluding hydrogens is 404 g/mol. The number of rotatable bonds is 5. The number of hydrogen-bond donors (Lipinski definition) is 1. The fourth-order valence-electron chi connectivity index (χ4n) is 3.75. The van der Waals surface area contributed by atoms with Crippen LogP contribution in [0.5, 0.6) is 11.5 Å². The predicted molar refractivity (Wildman–Crippen MR) is 115 cm³/mol. The molecule has 2 aliphatic rings. The van der Waals surface area contributed by atoms with E-state index < -0.39 is 0 Å². The molecule has 0 unspecified atom stereocenters. The zero-order chi connectivity index (χ0) is 20.9. The number of anilines is 1. The summed E-state index contributed by atoms with van der Waals surface area (Å²) in [7, 11) is 0.